The van der Waals surface area contributed by atoms with Crippen LogP contribution < -0.4 is 10.2 Å². The second-order valence-corrected chi connectivity index (χ2v) is 4.30. The molecule has 0 aromatic heterocycles. The molecular weight excluding hydrogens is 251 g/mol. The van der Waals surface area contributed by atoms with Crippen molar-refractivity contribution in [1.29, 1.82) is 0 Å². The van der Waals surface area contributed by atoms with Crippen molar-refractivity contribution in [3.63, 3.8) is 0 Å². The first-order valence-electron chi connectivity index (χ1n) is 5.67. The smallest absolute Gasteiger partial charge is 0.493 e. The van der Waals surface area contributed by atoms with Crippen molar-refractivity contribution in [2.45, 2.75) is 6.42 Å². The van der Waals surface area contributed by atoms with Crippen molar-refractivity contribution in [3.05, 3.63) is 24.0 Å². The van der Waals surface area contributed by atoms with Crippen LogP contribution in [0.15, 0.2) is 18.2 Å². The molecule has 18 heavy (non-hydrogen) atoms. The number of rotatable bonds is 4. The van der Waals surface area contributed by atoms with Crippen LogP contribution in [0.25, 0.3) is 0 Å². The minimum Gasteiger partial charge on any atom is -0.493 e. The predicted molar refractivity (Wildman–Crippen MR) is 59.5 cm³/mol. The van der Waals surface area contributed by atoms with Gasteiger partial charge in [0.25, 0.3) is 0 Å². The van der Waals surface area contributed by atoms with E-state index in [9.17, 15) is 17.3 Å². The Balaban J connectivity index is 2.00. The van der Waals surface area contributed by atoms with Crippen LogP contribution in [0.3, 0.4) is 0 Å². The lowest BCUT2D eigenvalue weighted by molar-refractivity contribution is 0.167. The van der Waals surface area contributed by atoms with Crippen molar-refractivity contribution in [2.75, 3.05) is 19.8 Å². The number of benzene rings is 1. The summed E-state index contributed by atoms with van der Waals surface area (Å²) in [7, 11) is 0. The third-order valence-electron chi connectivity index (χ3n) is 2.83. The zero-order valence-corrected chi connectivity index (χ0v) is 9.54. The average molecular weight is 263 g/mol. The molecule has 1 fully saturated rings. The molecule has 1 aromatic rings. The molecule has 7 heteroatoms. The molecule has 0 saturated carbocycles. The van der Waals surface area contributed by atoms with Gasteiger partial charge in [0, 0.05) is 18.6 Å². The lowest BCUT2D eigenvalue weighted by Crippen LogP contribution is -2.36. The van der Waals surface area contributed by atoms with Crippen LogP contribution in [-0.2, 0) is 4.74 Å². The zero-order chi connectivity index (χ0) is 13.2. The molecule has 1 saturated heterocycles. The van der Waals surface area contributed by atoms with Crippen molar-refractivity contribution >= 4 is 12.4 Å². The topological polar surface area (TPSA) is 18.5 Å². The first kappa shape index (κ1) is 13.2. The highest BCUT2D eigenvalue weighted by atomic mass is 19.4. The SMILES string of the molecule is Fc1cc(OCC2CCOC2)ccc1[B-](F)(F)F. The molecule has 2 nitrogen and oxygen atoms in total. The van der Waals surface area contributed by atoms with Gasteiger partial charge in [-0.25, -0.2) is 4.39 Å². The molecule has 1 heterocycles. The Kier molecular flexibility index (Phi) is 3.80. The highest BCUT2D eigenvalue weighted by molar-refractivity contribution is 6.73. The molecule has 1 aliphatic rings. The summed E-state index contributed by atoms with van der Waals surface area (Å²) < 4.78 is 60.8. The maximum absolute atomic E-state index is 13.2. The monoisotopic (exact) mass is 263 g/mol. The number of halogens is 4. The van der Waals surface area contributed by atoms with Crippen LogP contribution in [0.4, 0.5) is 17.3 Å². The fraction of sp³-hybridized carbons (Fsp3) is 0.455. The molecule has 1 aliphatic heterocycles. The van der Waals surface area contributed by atoms with Gasteiger partial charge < -0.3 is 22.4 Å². The van der Waals surface area contributed by atoms with Crippen LogP contribution in [0.2, 0.25) is 0 Å². The summed E-state index contributed by atoms with van der Waals surface area (Å²) in [4.78, 5) is 0. The van der Waals surface area contributed by atoms with Gasteiger partial charge in [-0.1, -0.05) is 11.5 Å². The Morgan fingerprint density at radius 3 is 2.67 bits per heavy atom. The lowest BCUT2D eigenvalue weighted by atomic mass is 9.80. The summed E-state index contributed by atoms with van der Waals surface area (Å²) in [6.07, 6.45) is 0.853. The van der Waals surface area contributed by atoms with Gasteiger partial charge in [0.1, 0.15) is 5.75 Å². The van der Waals surface area contributed by atoms with Crippen molar-refractivity contribution in [2.24, 2.45) is 5.92 Å². The number of hydrogen-bond donors (Lipinski definition) is 0. The molecule has 2 rings (SSSR count). The van der Waals surface area contributed by atoms with E-state index in [1.54, 1.807) is 0 Å². The third-order valence-corrected chi connectivity index (χ3v) is 2.83. The first-order chi connectivity index (χ1) is 8.47. The molecule has 0 spiro atoms. The van der Waals surface area contributed by atoms with E-state index < -0.39 is 18.3 Å². The highest BCUT2D eigenvalue weighted by Crippen LogP contribution is 2.19. The first-order valence-corrected chi connectivity index (χ1v) is 5.67. The Morgan fingerprint density at radius 2 is 2.11 bits per heavy atom. The van der Waals surface area contributed by atoms with E-state index in [0.29, 0.717) is 19.8 Å². The molecule has 100 valence electrons. The van der Waals surface area contributed by atoms with E-state index in [1.807, 2.05) is 0 Å². The zero-order valence-electron chi connectivity index (χ0n) is 9.54. The predicted octanol–water partition coefficient (Wildman–Crippen LogP) is 2.30. The van der Waals surface area contributed by atoms with Crippen LogP contribution >= 0.6 is 0 Å². The van der Waals surface area contributed by atoms with Gasteiger partial charge >= 0.3 is 6.98 Å². The summed E-state index contributed by atoms with van der Waals surface area (Å²) in [5, 5.41) is 0. The van der Waals surface area contributed by atoms with Crippen LogP contribution in [0.1, 0.15) is 6.42 Å². The molecule has 0 N–H and O–H groups in total. The fourth-order valence-electron chi connectivity index (χ4n) is 1.79. The normalized spacial score (nSPS) is 20.1. The second-order valence-electron chi connectivity index (χ2n) is 4.30. The summed E-state index contributed by atoms with van der Waals surface area (Å²) in [6.45, 7) is -3.75. The van der Waals surface area contributed by atoms with Gasteiger partial charge in [-0.15, -0.1) is 0 Å². The van der Waals surface area contributed by atoms with E-state index in [-0.39, 0.29) is 11.7 Å². The van der Waals surface area contributed by atoms with Crippen LogP contribution in [-0.4, -0.2) is 26.8 Å². The molecular formula is C11H12BF4O2-. The largest absolute Gasteiger partial charge is 0.512 e. The van der Waals surface area contributed by atoms with Gasteiger partial charge in [-0.05, 0) is 12.5 Å². The summed E-state index contributed by atoms with van der Waals surface area (Å²) in [5.74, 6) is -0.953. The quantitative estimate of drug-likeness (QED) is 0.613. The molecule has 1 aromatic carbocycles. The summed E-state index contributed by atoms with van der Waals surface area (Å²) in [5.41, 5.74) is -1.22. The minimum absolute atomic E-state index is 0.114. The molecule has 1 unspecified atom stereocenters. The van der Waals surface area contributed by atoms with Crippen LogP contribution in [0.5, 0.6) is 5.75 Å². The minimum atomic E-state index is -5.32. The third kappa shape index (κ3) is 3.16. The lowest BCUT2D eigenvalue weighted by Gasteiger charge is -2.17. The van der Waals surface area contributed by atoms with Crippen molar-refractivity contribution in [1.82, 2.24) is 0 Å². The van der Waals surface area contributed by atoms with Crippen molar-refractivity contribution < 1.29 is 26.8 Å². The fourth-order valence-corrected chi connectivity index (χ4v) is 1.79. The van der Waals surface area contributed by atoms with E-state index in [4.69, 9.17) is 9.47 Å². The molecule has 0 radical (unpaired) electrons. The van der Waals surface area contributed by atoms with E-state index in [1.165, 1.54) is 0 Å². The maximum atomic E-state index is 13.2. The van der Waals surface area contributed by atoms with Gasteiger partial charge in [0.2, 0.25) is 0 Å². The Bertz CT molecular complexity index is 416. The van der Waals surface area contributed by atoms with Gasteiger partial charge in [-0.2, -0.15) is 0 Å². The van der Waals surface area contributed by atoms with E-state index in [2.05, 4.69) is 0 Å². The summed E-state index contributed by atoms with van der Waals surface area (Å²) >= 11 is 0. The molecule has 0 bridgehead atoms. The Morgan fingerprint density at radius 1 is 1.33 bits per heavy atom. The Labute approximate surface area is 102 Å². The number of hydrogen-bond acceptors (Lipinski definition) is 2. The maximum Gasteiger partial charge on any atom is 0.512 e. The number of ether oxygens (including phenoxy) is 2. The standard InChI is InChI=1S/C11H12BF4O2/c13-11-5-9(1-2-10(11)12(14,15)16)18-7-8-3-4-17-6-8/h1-2,5,8H,3-4,6-7H2/q-1. The van der Waals surface area contributed by atoms with Crippen LogP contribution in [0, 0.1) is 11.7 Å². The highest BCUT2D eigenvalue weighted by Gasteiger charge is 2.29. The Hall–Kier alpha value is -1.24. The molecule has 0 aliphatic carbocycles. The summed E-state index contributed by atoms with van der Waals surface area (Å²) in [6, 6.07) is 2.64. The van der Waals surface area contributed by atoms with E-state index in [0.717, 1.165) is 24.6 Å². The molecule has 1 atom stereocenters. The van der Waals surface area contributed by atoms with E-state index >= 15 is 0 Å². The van der Waals surface area contributed by atoms with Crippen molar-refractivity contribution in [3.8, 4) is 5.75 Å². The van der Waals surface area contributed by atoms with Gasteiger partial charge in [0.05, 0.1) is 19.0 Å². The molecule has 0 amide bonds. The second kappa shape index (κ2) is 5.18. The van der Waals surface area contributed by atoms with Gasteiger partial charge in [-0.3, -0.25) is 0 Å². The average Bonchev–Trinajstić information content (AvgIpc) is 2.77. The van der Waals surface area contributed by atoms with Gasteiger partial charge in [0.15, 0.2) is 0 Å².